The number of Topliss-reactive ketones (excluding diaryl/α,β-unsaturated/α-hetero) is 1. The van der Waals surface area contributed by atoms with E-state index in [1.165, 1.54) is 0 Å². The third-order valence-electron chi connectivity index (χ3n) is 2.23. The zero-order valence-electron chi connectivity index (χ0n) is 12.1. The summed E-state index contributed by atoms with van der Waals surface area (Å²) < 4.78 is 5.71. The second kappa shape index (κ2) is 10.9. The molecule has 0 heterocycles. The van der Waals surface area contributed by atoms with Crippen molar-refractivity contribution in [3.8, 4) is 0 Å². The Kier molecular flexibility index (Phi) is 9.96. The van der Waals surface area contributed by atoms with Gasteiger partial charge in [0.2, 0.25) is 0 Å². The first-order valence-corrected chi connectivity index (χ1v) is 7.26. The Balaban J connectivity index is 0.000000885. The lowest BCUT2D eigenvalue weighted by atomic mass is 10.1. The zero-order chi connectivity index (χ0) is 16.3. The van der Waals surface area contributed by atoms with Crippen LogP contribution in [-0.2, 0) is 20.7 Å². The smallest absolute Gasteiger partial charge is 0.313 e. The number of rotatable bonds is 6. The number of aryl methyl sites for hydroxylation is 1. The van der Waals surface area contributed by atoms with Crippen LogP contribution in [-0.4, -0.2) is 18.4 Å². The van der Waals surface area contributed by atoms with E-state index in [0.717, 1.165) is 10.0 Å². The summed E-state index contributed by atoms with van der Waals surface area (Å²) >= 11 is 3.37. The Morgan fingerprint density at radius 1 is 1.33 bits per heavy atom. The molecule has 6 heteroatoms. The number of benzene rings is 1. The van der Waals surface area contributed by atoms with Crippen molar-refractivity contribution in [2.45, 2.75) is 26.2 Å². The highest BCUT2D eigenvalue weighted by Gasteiger charge is 2.10. The van der Waals surface area contributed by atoms with Gasteiger partial charge in [0.05, 0.1) is 12.4 Å². The predicted octanol–water partition coefficient (Wildman–Crippen LogP) is 2.28. The van der Waals surface area contributed by atoms with Gasteiger partial charge < -0.3 is 16.2 Å². The fourth-order valence-corrected chi connectivity index (χ4v) is 1.88. The van der Waals surface area contributed by atoms with Crippen molar-refractivity contribution in [2.75, 3.05) is 6.61 Å². The maximum atomic E-state index is 11.5. The Morgan fingerprint density at radius 3 is 2.48 bits per heavy atom. The highest BCUT2D eigenvalue weighted by Crippen LogP contribution is 2.13. The van der Waals surface area contributed by atoms with Crippen LogP contribution in [0.5, 0.6) is 0 Å². The molecule has 1 rings (SSSR count). The molecule has 0 spiro atoms. The minimum atomic E-state index is -0.438. The highest BCUT2D eigenvalue weighted by molar-refractivity contribution is 9.10. The summed E-state index contributed by atoms with van der Waals surface area (Å²) in [5, 5.41) is 0. The molecule has 0 radical (unpaired) electrons. The van der Waals surface area contributed by atoms with Gasteiger partial charge >= 0.3 is 5.97 Å². The van der Waals surface area contributed by atoms with Crippen molar-refractivity contribution in [3.63, 3.8) is 0 Å². The zero-order valence-corrected chi connectivity index (χ0v) is 13.7. The predicted molar refractivity (Wildman–Crippen MR) is 86.2 cm³/mol. The van der Waals surface area contributed by atoms with E-state index in [9.17, 15) is 9.59 Å². The summed E-state index contributed by atoms with van der Waals surface area (Å²) in [6.45, 7) is 5.15. The van der Waals surface area contributed by atoms with E-state index in [4.69, 9.17) is 16.2 Å². The first kappa shape index (κ1) is 19.2. The summed E-state index contributed by atoms with van der Waals surface area (Å²) in [4.78, 5) is 22.5. The van der Waals surface area contributed by atoms with Crippen LogP contribution in [0.1, 0.15) is 25.3 Å². The number of halogens is 1. The molecular formula is C15H21BrN2O3. The van der Waals surface area contributed by atoms with Gasteiger partial charge in [-0.2, -0.15) is 0 Å². The number of carbonyl (C=O) groups excluding carboxylic acids is 2. The third-order valence-corrected chi connectivity index (χ3v) is 2.72. The lowest BCUT2D eigenvalue weighted by molar-refractivity contribution is -0.145. The van der Waals surface area contributed by atoms with E-state index >= 15 is 0 Å². The maximum Gasteiger partial charge on any atom is 0.313 e. The molecule has 116 valence electrons. The van der Waals surface area contributed by atoms with Crippen LogP contribution >= 0.6 is 15.9 Å². The van der Waals surface area contributed by atoms with E-state index in [0.29, 0.717) is 19.4 Å². The average Bonchev–Trinajstić information content (AvgIpc) is 2.36. The molecule has 0 saturated heterocycles. The van der Waals surface area contributed by atoms with Gasteiger partial charge in [-0.1, -0.05) is 34.6 Å². The molecule has 0 saturated carbocycles. The summed E-state index contributed by atoms with van der Waals surface area (Å²) in [6.07, 6.45) is 0.898. The standard InChI is InChI=1S/C13H15BrO3.C2H6N2/c1-2-17-13(16)9-12(15)7-6-10-4-3-5-11(14)8-10;1-2(3)4/h3-5,8H,2,6-7,9H2,1H3;1,3-4H2. The van der Waals surface area contributed by atoms with Crippen LogP contribution in [0.3, 0.4) is 0 Å². The Morgan fingerprint density at radius 2 is 1.95 bits per heavy atom. The van der Waals surface area contributed by atoms with E-state index < -0.39 is 5.97 Å². The van der Waals surface area contributed by atoms with Crippen LogP contribution in [0, 0.1) is 0 Å². The molecule has 0 atom stereocenters. The Hall–Kier alpha value is -1.82. The van der Waals surface area contributed by atoms with Crippen LogP contribution in [0.4, 0.5) is 0 Å². The molecule has 0 aliphatic rings. The highest BCUT2D eigenvalue weighted by atomic mass is 79.9. The molecule has 0 aromatic heterocycles. The van der Waals surface area contributed by atoms with Crippen molar-refractivity contribution in [1.82, 2.24) is 0 Å². The second-order valence-corrected chi connectivity index (χ2v) is 5.14. The van der Waals surface area contributed by atoms with Crippen molar-refractivity contribution >= 4 is 27.7 Å². The lowest BCUT2D eigenvalue weighted by Crippen LogP contribution is -2.11. The van der Waals surface area contributed by atoms with Crippen LogP contribution < -0.4 is 11.5 Å². The number of ketones is 1. The van der Waals surface area contributed by atoms with Gasteiger partial charge in [0.25, 0.3) is 0 Å². The van der Waals surface area contributed by atoms with Crippen LogP contribution in [0.15, 0.2) is 41.1 Å². The van der Waals surface area contributed by atoms with E-state index in [1.54, 1.807) is 6.92 Å². The number of ether oxygens (including phenoxy) is 1. The number of carbonyl (C=O) groups is 2. The molecule has 0 aliphatic heterocycles. The molecule has 1 aromatic rings. The number of esters is 1. The Labute approximate surface area is 133 Å². The topological polar surface area (TPSA) is 95.4 Å². The monoisotopic (exact) mass is 356 g/mol. The van der Waals surface area contributed by atoms with E-state index in [1.807, 2.05) is 24.3 Å². The van der Waals surface area contributed by atoms with Gasteiger partial charge in [0.1, 0.15) is 12.2 Å². The van der Waals surface area contributed by atoms with Gasteiger partial charge in [-0.3, -0.25) is 9.59 Å². The van der Waals surface area contributed by atoms with Gasteiger partial charge in [-0.15, -0.1) is 0 Å². The van der Waals surface area contributed by atoms with Gasteiger partial charge in [0.15, 0.2) is 0 Å². The van der Waals surface area contributed by atoms with Gasteiger partial charge in [0, 0.05) is 10.9 Å². The Bertz CT molecular complexity index is 486. The quantitative estimate of drug-likeness (QED) is 0.602. The minimum Gasteiger partial charge on any atom is -0.466 e. The molecular weight excluding hydrogens is 336 g/mol. The summed E-state index contributed by atoms with van der Waals surface area (Å²) in [5.74, 6) is -0.352. The maximum absolute atomic E-state index is 11.5. The molecule has 4 N–H and O–H groups in total. The molecule has 0 unspecified atom stereocenters. The number of nitrogens with two attached hydrogens (primary N) is 2. The first-order chi connectivity index (χ1) is 9.85. The summed E-state index contributed by atoms with van der Waals surface area (Å²) in [7, 11) is 0. The fraction of sp³-hybridized carbons (Fsp3) is 0.333. The minimum absolute atomic E-state index is 0.0802. The number of hydrogen-bond acceptors (Lipinski definition) is 5. The first-order valence-electron chi connectivity index (χ1n) is 6.46. The largest absolute Gasteiger partial charge is 0.466 e. The molecule has 0 bridgehead atoms. The third kappa shape index (κ3) is 11.7. The van der Waals surface area contributed by atoms with E-state index in [-0.39, 0.29) is 18.0 Å². The number of hydrogen-bond donors (Lipinski definition) is 2. The SMILES string of the molecule is C=C(N)N.CCOC(=O)CC(=O)CCc1cccc(Br)c1. The summed E-state index contributed by atoms with van der Waals surface area (Å²) in [6, 6.07) is 7.79. The van der Waals surface area contributed by atoms with Crippen molar-refractivity contribution in [3.05, 3.63) is 46.7 Å². The van der Waals surface area contributed by atoms with Crippen molar-refractivity contribution in [2.24, 2.45) is 11.5 Å². The molecule has 0 amide bonds. The molecule has 5 nitrogen and oxygen atoms in total. The molecule has 1 aromatic carbocycles. The molecule has 0 fully saturated rings. The fourth-order valence-electron chi connectivity index (χ4n) is 1.44. The van der Waals surface area contributed by atoms with E-state index in [2.05, 4.69) is 22.5 Å². The molecule has 21 heavy (non-hydrogen) atoms. The normalized spacial score (nSPS) is 9.24. The van der Waals surface area contributed by atoms with Crippen molar-refractivity contribution < 1.29 is 14.3 Å². The second-order valence-electron chi connectivity index (χ2n) is 4.23. The lowest BCUT2D eigenvalue weighted by Gasteiger charge is -2.02. The van der Waals surface area contributed by atoms with Gasteiger partial charge in [-0.25, -0.2) is 0 Å². The van der Waals surface area contributed by atoms with Crippen molar-refractivity contribution in [1.29, 1.82) is 0 Å². The van der Waals surface area contributed by atoms with Crippen LogP contribution in [0.2, 0.25) is 0 Å². The van der Waals surface area contributed by atoms with Gasteiger partial charge in [-0.05, 0) is 31.0 Å². The molecule has 0 aliphatic carbocycles. The summed E-state index contributed by atoms with van der Waals surface area (Å²) in [5.41, 5.74) is 10.5. The average molecular weight is 357 g/mol. The van der Waals surface area contributed by atoms with Crippen LogP contribution in [0.25, 0.3) is 0 Å².